The Balaban J connectivity index is 1.88. The fourth-order valence-corrected chi connectivity index (χ4v) is 2.41. The average molecular weight is 298 g/mol. The molecule has 3 rings (SSSR count). The highest BCUT2D eigenvalue weighted by molar-refractivity contribution is 6.22. The number of nitrogens with zero attached hydrogens (tertiary/aromatic N) is 2. The predicted molar refractivity (Wildman–Crippen MR) is 78.8 cm³/mol. The molecule has 2 heterocycles. The van der Waals surface area contributed by atoms with Gasteiger partial charge in [-0.05, 0) is 38.1 Å². The number of imide groups is 1. The molecule has 7 heteroatoms. The summed E-state index contributed by atoms with van der Waals surface area (Å²) >= 11 is 0. The SMILES string of the molecule is CCn1nc(C)cc1C(=O)Nc1ccc2c(c1)C(=O)NC2=O. The first-order chi connectivity index (χ1) is 10.5. The molecule has 0 radical (unpaired) electrons. The minimum Gasteiger partial charge on any atom is -0.321 e. The number of hydrogen-bond donors (Lipinski definition) is 2. The first-order valence-electron chi connectivity index (χ1n) is 6.85. The van der Waals surface area contributed by atoms with Crippen molar-refractivity contribution in [3.8, 4) is 0 Å². The Labute approximate surface area is 126 Å². The number of anilines is 1. The summed E-state index contributed by atoms with van der Waals surface area (Å²) in [6, 6.07) is 6.30. The quantitative estimate of drug-likeness (QED) is 0.836. The second kappa shape index (κ2) is 5.10. The van der Waals surface area contributed by atoms with Crippen LogP contribution < -0.4 is 10.6 Å². The molecule has 0 aliphatic carbocycles. The summed E-state index contributed by atoms with van der Waals surface area (Å²) in [5.41, 5.74) is 2.24. The predicted octanol–water partition coefficient (Wildman–Crippen LogP) is 1.35. The van der Waals surface area contributed by atoms with E-state index in [-0.39, 0.29) is 11.5 Å². The molecule has 1 aliphatic rings. The Kier molecular flexibility index (Phi) is 3.25. The third kappa shape index (κ3) is 2.26. The molecule has 0 atom stereocenters. The largest absolute Gasteiger partial charge is 0.321 e. The highest BCUT2D eigenvalue weighted by Gasteiger charge is 2.27. The van der Waals surface area contributed by atoms with Crippen molar-refractivity contribution in [2.45, 2.75) is 20.4 Å². The van der Waals surface area contributed by atoms with Gasteiger partial charge in [0.25, 0.3) is 17.7 Å². The number of amides is 3. The van der Waals surface area contributed by atoms with Crippen LogP contribution in [0.2, 0.25) is 0 Å². The molecular formula is C15H14N4O3. The maximum atomic E-state index is 12.3. The van der Waals surface area contributed by atoms with Crippen molar-refractivity contribution < 1.29 is 14.4 Å². The molecule has 1 aromatic carbocycles. The van der Waals surface area contributed by atoms with Gasteiger partial charge in [0.05, 0.1) is 16.8 Å². The van der Waals surface area contributed by atoms with E-state index < -0.39 is 11.8 Å². The lowest BCUT2D eigenvalue weighted by Gasteiger charge is -2.07. The van der Waals surface area contributed by atoms with Crippen LogP contribution in [0.3, 0.4) is 0 Å². The van der Waals surface area contributed by atoms with Crippen LogP contribution >= 0.6 is 0 Å². The standard InChI is InChI=1S/C15H14N4O3/c1-3-19-12(6-8(2)18-19)15(22)16-9-4-5-10-11(7-9)14(21)17-13(10)20/h4-7H,3H2,1-2H3,(H,16,22)(H,17,20,21). The third-order valence-electron chi connectivity index (χ3n) is 3.43. The summed E-state index contributed by atoms with van der Waals surface area (Å²) in [6.45, 7) is 4.29. The van der Waals surface area contributed by atoms with E-state index in [4.69, 9.17) is 0 Å². The summed E-state index contributed by atoms with van der Waals surface area (Å²) in [4.78, 5) is 35.4. The molecule has 0 unspecified atom stereocenters. The molecule has 112 valence electrons. The molecule has 0 saturated heterocycles. The first-order valence-corrected chi connectivity index (χ1v) is 6.85. The van der Waals surface area contributed by atoms with Gasteiger partial charge in [-0.1, -0.05) is 0 Å². The van der Waals surface area contributed by atoms with E-state index in [1.165, 1.54) is 12.1 Å². The van der Waals surface area contributed by atoms with Gasteiger partial charge in [-0.15, -0.1) is 0 Å². The van der Waals surface area contributed by atoms with Gasteiger partial charge in [0.1, 0.15) is 5.69 Å². The van der Waals surface area contributed by atoms with Crippen molar-refractivity contribution in [1.82, 2.24) is 15.1 Å². The normalized spacial score (nSPS) is 13.0. The number of nitrogens with one attached hydrogen (secondary N) is 2. The molecular weight excluding hydrogens is 284 g/mol. The molecule has 2 aromatic rings. The van der Waals surface area contributed by atoms with Crippen molar-refractivity contribution in [2.24, 2.45) is 0 Å². The van der Waals surface area contributed by atoms with E-state index in [0.29, 0.717) is 23.5 Å². The number of aromatic nitrogens is 2. The maximum absolute atomic E-state index is 12.3. The van der Waals surface area contributed by atoms with Gasteiger partial charge >= 0.3 is 0 Å². The van der Waals surface area contributed by atoms with Gasteiger partial charge in [-0.2, -0.15) is 5.10 Å². The number of rotatable bonds is 3. The van der Waals surface area contributed by atoms with E-state index in [1.807, 2.05) is 13.8 Å². The van der Waals surface area contributed by atoms with Crippen LogP contribution in [0.5, 0.6) is 0 Å². The fraction of sp³-hybridized carbons (Fsp3) is 0.200. The van der Waals surface area contributed by atoms with Gasteiger partial charge in [-0.25, -0.2) is 0 Å². The summed E-state index contributed by atoms with van der Waals surface area (Å²) in [6.07, 6.45) is 0. The number of aryl methyl sites for hydroxylation is 2. The first kappa shape index (κ1) is 14.0. The molecule has 7 nitrogen and oxygen atoms in total. The maximum Gasteiger partial charge on any atom is 0.273 e. The van der Waals surface area contributed by atoms with Crippen LogP contribution in [0.15, 0.2) is 24.3 Å². The van der Waals surface area contributed by atoms with Gasteiger partial charge in [0, 0.05) is 12.2 Å². The van der Waals surface area contributed by atoms with Crippen LogP contribution in [0.4, 0.5) is 5.69 Å². The lowest BCUT2D eigenvalue weighted by atomic mass is 10.1. The molecule has 1 aliphatic heterocycles. The van der Waals surface area contributed by atoms with Gasteiger partial charge in [0.15, 0.2) is 0 Å². The van der Waals surface area contributed by atoms with E-state index in [1.54, 1.807) is 16.8 Å². The monoisotopic (exact) mass is 298 g/mol. The smallest absolute Gasteiger partial charge is 0.273 e. The van der Waals surface area contributed by atoms with E-state index >= 15 is 0 Å². The Hall–Kier alpha value is -2.96. The van der Waals surface area contributed by atoms with Crippen LogP contribution in [0.25, 0.3) is 0 Å². The lowest BCUT2D eigenvalue weighted by molar-refractivity contribution is 0.0878. The summed E-state index contributed by atoms with van der Waals surface area (Å²) < 4.78 is 1.61. The molecule has 22 heavy (non-hydrogen) atoms. The van der Waals surface area contributed by atoms with Crippen LogP contribution in [0.1, 0.15) is 43.8 Å². The summed E-state index contributed by atoms with van der Waals surface area (Å²) in [5, 5.41) is 9.15. The molecule has 2 N–H and O–H groups in total. The van der Waals surface area contributed by atoms with Gasteiger partial charge < -0.3 is 5.32 Å². The van der Waals surface area contributed by atoms with Crippen LogP contribution in [-0.4, -0.2) is 27.5 Å². The van der Waals surface area contributed by atoms with E-state index in [2.05, 4.69) is 15.7 Å². The van der Waals surface area contributed by atoms with Crippen molar-refractivity contribution in [3.63, 3.8) is 0 Å². The molecule has 3 amide bonds. The molecule has 0 fully saturated rings. The zero-order valence-corrected chi connectivity index (χ0v) is 12.1. The van der Waals surface area contributed by atoms with Gasteiger partial charge in [-0.3, -0.25) is 24.4 Å². The Morgan fingerprint density at radius 3 is 2.68 bits per heavy atom. The lowest BCUT2D eigenvalue weighted by Crippen LogP contribution is -2.20. The average Bonchev–Trinajstić information content (AvgIpc) is 3.00. The highest BCUT2D eigenvalue weighted by atomic mass is 16.2. The minimum absolute atomic E-state index is 0.267. The highest BCUT2D eigenvalue weighted by Crippen LogP contribution is 2.20. The topological polar surface area (TPSA) is 93.1 Å². The fourth-order valence-electron chi connectivity index (χ4n) is 2.41. The molecule has 1 aromatic heterocycles. The van der Waals surface area contributed by atoms with E-state index in [0.717, 1.165) is 5.69 Å². The Bertz CT molecular complexity index is 807. The summed E-state index contributed by atoms with van der Waals surface area (Å²) in [5.74, 6) is -1.18. The second-order valence-electron chi connectivity index (χ2n) is 4.98. The zero-order valence-electron chi connectivity index (χ0n) is 12.1. The molecule has 0 spiro atoms. The Morgan fingerprint density at radius 2 is 1.95 bits per heavy atom. The second-order valence-corrected chi connectivity index (χ2v) is 4.98. The zero-order chi connectivity index (χ0) is 15.9. The third-order valence-corrected chi connectivity index (χ3v) is 3.43. The number of benzene rings is 1. The van der Waals surface area contributed by atoms with Crippen molar-refractivity contribution in [3.05, 3.63) is 46.8 Å². The number of carbonyl (C=O) groups excluding carboxylic acids is 3. The number of fused-ring (bicyclic) bond motifs is 1. The number of hydrogen-bond acceptors (Lipinski definition) is 4. The minimum atomic E-state index is -0.453. The van der Waals surface area contributed by atoms with Crippen molar-refractivity contribution >= 4 is 23.4 Å². The summed E-state index contributed by atoms with van der Waals surface area (Å²) in [7, 11) is 0. The van der Waals surface area contributed by atoms with E-state index in [9.17, 15) is 14.4 Å². The van der Waals surface area contributed by atoms with Crippen molar-refractivity contribution in [1.29, 1.82) is 0 Å². The van der Waals surface area contributed by atoms with Crippen molar-refractivity contribution in [2.75, 3.05) is 5.32 Å². The van der Waals surface area contributed by atoms with Gasteiger partial charge in [0.2, 0.25) is 0 Å². The molecule has 0 saturated carbocycles. The Morgan fingerprint density at radius 1 is 1.23 bits per heavy atom. The van der Waals surface area contributed by atoms with Crippen LogP contribution in [-0.2, 0) is 6.54 Å². The number of carbonyl (C=O) groups is 3. The molecule has 0 bridgehead atoms. The van der Waals surface area contributed by atoms with Crippen LogP contribution in [0, 0.1) is 6.92 Å².